The van der Waals surface area contributed by atoms with Gasteiger partial charge in [-0.05, 0) is 54.4 Å². The Morgan fingerprint density at radius 3 is 2.39 bits per heavy atom. The Hall–Kier alpha value is -2.50. The van der Waals surface area contributed by atoms with Crippen LogP contribution in [0.4, 0.5) is 18.3 Å². The lowest BCUT2D eigenvalue weighted by atomic mass is 9.68. The number of carboxylic acid groups (broad SMARTS) is 1. The number of amides is 1. The highest BCUT2D eigenvalue weighted by Crippen LogP contribution is 2.47. The summed E-state index contributed by atoms with van der Waals surface area (Å²) in [5.74, 6) is -1.07. The van der Waals surface area contributed by atoms with Gasteiger partial charge in [0, 0.05) is 19.0 Å². The molecule has 2 aromatic rings. The first-order valence-electron chi connectivity index (χ1n) is 16.3. The molecule has 0 radical (unpaired) electrons. The molecule has 1 aromatic carbocycles. The number of aryl methyl sites for hydroxylation is 1. The molecule has 3 aliphatic rings. The van der Waals surface area contributed by atoms with E-state index in [1.165, 1.54) is 32.6 Å². The fourth-order valence-corrected chi connectivity index (χ4v) is 8.79. The van der Waals surface area contributed by atoms with Crippen LogP contribution in [0.1, 0.15) is 88.3 Å². The summed E-state index contributed by atoms with van der Waals surface area (Å²) in [6.07, 6.45) is 2.87. The largest absolute Gasteiger partial charge is 0.490 e. The highest BCUT2D eigenvalue weighted by atomic mass is 32.1. The number of nitrogens with one attached hydrogen (secondary N) is 2. The van der Waals surface area contributed by atoms with Crippen LogP contribution >= 0.6 is 11.3 Å². The molecule has 5 rings (SSSR count). The standard InChI is InChI=1S/C29H42N4OS.C2HF3O2.C2H6/c1-5-20(6-2)25-17-22(21-11-8-7-9-12-21)14-16-33(25)27(34)23-18-30-19-29(23)15-10-13-24-26(29)35-28(31-24)32(3)4;3-2(4,5)1(6)7;1-2/h7-9,11-12,20,22-23,25,30H,5-6,10,13-19H2,1-4H3;(H,6,7);1-2H3/p+3/t22-,23+,25?,29-;;/m1../s1. The van der Waals surface area contributed by atoms with Crippen molar-refractivity contribution in [2.75, 3.05) is 33.7 Å². The lowest BCUT2D eigenvalue weighted by Crippen LogP contribution is -3.01. The molecule has 2 fully saturated rings. The number of halogens is 3. The molecule has 44 heavy (non-hydrogen) atoms. The number of H-pyrrole nitrogens is 1. The van der Waals surface area contributed by atoms with Gasteiger partial charge < -0.3 is 15.3 Å². The molecule has 1 spiro atoms. The van der Waals surface area contributed by atoms with Crippen molar-refractivity contribution in [1.29, 1.82) is 0 Å². The van der Waals surface area contributed by atoms with Crippen LogP contribution in [0.25, 0.3) is 0 Å². The number of rotatable bonds is 6. The number of carboxylic acids is 1. The lowest BCUT2D eigenvalue weighted by Gasteiger charge is -2.45. The first-order chi connectivity index (χ1) is 20.9. The van der Waals surface area contributed by atoms with Gasteiger partial charge in [0.15, 0.2) is 5.69 Å². The number of carbonyl (C=O) groups excluding carboxylic acids is 1. The third-order valence-electron chi connectivity index (χ3n) is 9.61. The number of quaternary nitrogens is 2. The highest BCUT2D eigenvalue weighted by Gasteiger charge is 2.58. The van der Waals surface area contributed by atoms with Gasteiger partial charge in [-0.15, -0.1) is 0 Å². The van der Waals surface area contributed by atoms with Crippen molar-refractivity contribution >= 4 is 28.3 Å². The molecule has 1 aromatic heterocycles. The summed E-state index contributed by atoms with van der Waals surface area (Å²) in [7, 11) is 4.39. The van der Waals surface area contributed by atoms with E-state index >= 15 is 0 Å². The van der Waals surface area contributed by atoms with Gasteiger partial charge in [-0.3, -0.25) is 4.79 Å². The molecule has 5 N–H and O–H groups in total. The Morgan fingerprint density at radius 1 is 1.18 bits per heavy atom. The van der Waals surface area contributed by atoms with E-state index in [0.29, 0.717) is 23.8 Å². The number of aliphatic carboxylic acids is 1. The smallest absolute Gasteiger partial charge is 0.475 e. The molecule has 0 bridgehead atoms. The van der Waals surface area contributed by atoms with Gasteiger partial charge in [0.1, 0.15) is 5.92 Å². The SMILES string of the molecule is CC.CCC(CC)C1C[C@H](c2ccccc2)CCN1C(=O)[C@@H]1C[NH2+]C[C@]12CCCc1[nH+]c([NH+](C)C)sc12.O=C(O)C(F)(F)F. The maximum absolute atomic E-state index is 14.5. The fraction of sp³-hybridized carbons (Fsp3) is 0.667. The van der Waals surface area contributed by atoms with Gasteiger partial charge >= 0.3 is 17.3 Å². The van der Waals surface area contributed by atoms with Gasteiger partial charge in [0.2, 0.25) is 5.91 Å². The zero-order valence-corrected chi connectivity index (χ0v) is 27.9. The van der Waals surface area contributed by atoms with E-state index < -0.39 is 12.1 Å². The predicted molar refractivity (Wildman–Crippen MR) is 166 cm³/mol. The van der Waals surface area contributed by atoms with Crippen LogP contribution in [-0.4, -0.2) is 67.8 Å². The number of thiazole rings is 1. The second-order valence-electron chi connectivity index (χ2n) is 12.3. The summed E-state index contributed by atoms with van der Waals surface area (Å²) in [6, 6.07) is 11.4. The van der Waals surface area contributed by atoms with Crippen LogP contribution in [-0.2, 0) is 21.4 Å². The number of nitrogens with two attached hydrogens (primary N) is 1. The quantitative estimate of drug-likeness (QED) is 0.446. The first-order valence-corrected chi connectivity index (χ1v) is 17.1. The van der Waals surface area contributed by atoms with Gasteiger partial charge in [-0.2, -0.15) is 18.2 Å². The first kappa shape index (κ1) is 36.0. The van der Waals surface area contributed by atoms with E-state index in [1.807, 2.05) is 25.2 Å². The number of hydrogen-bond donors (Lipinski definition) is 3. The zero-order valence-electron chi connectivity index (χ0n) is 27.1. The Kier molecular flexibility index (Phi) is 12.8. The number of fused-ring (bicyclic) bond motifs is 2. The molecule has 2 saturated heterocycles. The summed E-state index contributed by atoms with van der Waals surface area (Å²) in [5.41, 5.74) is 2.87. The molecule has 1 unspecified atom stereocenters. The molecule has 1 amide bonds. The Morgan fingerprint density at radius 2 is 1.82 bits per heavy atom. The Labute approximate surface area is 264 Å². The van der Waals surface area contributed by atoms with Crippen LogP contribution in [0.2, 0.25) is 0 Å². The molecule has 1 aliphatic carbocycles. The molecule has 7 nitrogen and oxygen atoms in total. The molecule has 246 valence electrons. The summed E-state index contributed by atoms with van der Waals surface area (Å²) in [5, 5.41) is 10.9. The molecule has 11 heteroatoms. The third kappa shape index (κ3) is 7.83. The topological polar surface area (TPSA) is 92.8 Å². The predicted octanol–water partition coefficient (Wildman–Crippen LogP) is 3.98. The minimum Gasteiger partial charge on any atom is -0.475 e. The van der Waals surface area contributed by atoms with Gasteiger partial charge in [0.05, 0.1) is 37.5 Å². The van der Waals surface area contributed by atoms with E-state index in [4.69, 9.17) is 9.90 Å². The normalized spacial score (nSPS) is 24.8. The number of nitrogens with zero attached hydrogens (tertiary/aromatic N) is 1. The van der Waals surface area contributed by atoms with E-state index in [9.17, 15) is 18.0 Å². The highest BCUT2D eigenvalue weighted by molar-refractivity contribution is 7.14. The minimum atomic E-state index is -5.08. The van der Waals surface area contributed by atoms with Crippen molar-refractivity contribution < 1.29 is 43.1 Å². The van der Waals surface area contributed by atoms with E-state index in [-0.39, 0.29) is 11.3 Å². The van der Waals surface area contributed by atoms with Crippen LogP contribution in [0.5, 0.6) is 0 Å². The van der Waals surface area contributed by atoms with Crippen molar-refractivity contribution in [1.82, 2.24) is 4.90 Å². The van der Waals surface area contributed by atoms with Gasteiger partial charge in [0.25, 0.3) is 0 Å². The number of piperidine rings is 1. The maximum Gasteiger partial charge on any atom is 0.490 e. The van der Waals surface area contributed by atoms with Crippen molar-refractivity contribution in [3.63, 3.8) is 0 Å². The van der Waals surface area contributed by atoms with Crippen LogP contribution < -0.4 is 15.2 Å². The molecule has 4 atom stereocenters. The number of alkyl halides is 3. The monoisotopic (exact) mass is 641 g/mol. The van der Waals surface area contributed by atoms with Crippen LogP contribution in [0.15, 0.2) is 30.3 Å². The number of hydrogen-bond acceptors (Lipinski definition) is 3. The second-order valence-corrected chi connectivity index (χ2v) is 13.3. The van der Waals surface area contributed by atoms with Crippen molar-refractivity contribution in [3.8, 4) is 0 Å². The third-order valence-corrected chi connectivity index (χ3v) is 11.2. The fourth-order valence-electron chi connectivity index (χ4n) is 7.40. The van der Waals surface area contributed by atoms with Crippen molar-refractivity contribution in [2.45, 2.75) is 96.2 Å². The summed E-state index contributed by atoms with van der Waals surface area (Å²) in [4.78, 5) is 32.3. The molecule has 3 heterocycles. The van der Waals surface area contributed by atoms with Crippen LogP contribution in [0.3, 0.4) is 0 Å². The molecular formula is C33H52F3N4O3S+3. The molecule has 0 saturated carbocycles. The number of carbonyl (C=O) groups is 2. The number of benzene rings is 1. The van der Waals surface area contributed by atoms with E-state index in [1.54, 1.807) is 0 Å². The molecule has 2 aliphatic heterocycles. The Bertz CT molecular complexity index is 1220. The Balaban J connectivity index is 0.000000520. The lowest BCUT2D eigenvalue weighted by molar-refractivity contribution is -0.823. The van der Waals surface area contributed by atoms with Crippen molar-refractivity contribution in [2.24, 2.45) is 11.8 Å². The number of aromatic nitrogens is 1. The number of aromatic amines is 1. The minimum absolute atomic E-state index is 0.00822. The average molecular weight is 642 g/mol. The van der Waals surface area contributed by atoms with Crippen LogP contribution in [0, 0.1) is 11.8 Å². The number of likely N-dealkylation sites (tertiary alicyclic amines) is 1. The average Bonchev–Trinajstić information content (AvgIpc) is 3.65. The van der Waals surface area contributed by atoms with Gasteiger partial charge in [-0.1, -0.05) is 70.9 Å². The summed E-state index contributed by atoms with van der Waals surface area (Å²) < 4.78 is 31.7. The second kappa shape index (κ2) is 15.7. The van der Waals surface area contributed by atoms with Crippen molar-refractivity contribution in [3.05, 3.63) is 46.5 Å². The zero-order chi connectivity index (χ0) is 32.7. The molecular weight excluding hydrogens is 589 g/mol. The maximum atomic E-state index is 14.5. The van der Waals surface area contributed by atoms with Gasteiger partial charge in [-0.25, -0.2) is 9.69 Å². The summed E-state index contributed by atoms with van der Waals surface area (Å²) in [6.45, 7) is 11.5. The summed E-state index contributed by atoms with van der Waals surface area (Å²) >= 11 is 1.94. The van der Waals surface area contributed by atoms with E-state index in [0.717, 1.165) is 58.2 Å². The van der Waals surface area contributed by atoms with E-state index in [2.05, 4.69) is 73.5 Å².